The summed E-state index contributed by atoms with van der Waals surface area (Å²) in [7, 11) is 0. The van der Waals surface area contributed by atoms with Gasteiger partial charge in [-0.05, 0) is 48.8 Å². The first-order chi connectivity index (χ1) is 17.2. The zero-order valence-electron chi connectivity index (χ0n) is 23.0. The number of carbonyl (C=O) groups excluding carboxylic acids is 5. The van der Waals surface area contributed by atoms with E-state index < -0.39 is 24.2 Å². The molecule has 0 bridgehead atoms. The molecule has 2 saturated heterocycles. The lowest BCUT2D eigenvalue weighted by atomic mass is 9.86. The number of nitrogens with zero attached hydrogens (tertiary/aromatic N) is 2. The fourth-order valence-electron chi connectivity index (χ4n) is 5.23. The van der Waals surface area contributed by atoms with E-state index in [1.54, 1.807) is 19.1 Å². The first kappa shape index (κ1) is 28.3. The van der Waals surface area contributed by atoms with Gasteiger partial charge in [0.2, 0.25) is 17.7 Å². The molecular formula is C28H40N4O5. The van der Waals surface area contributed by atoms with Crippen molar-refractivity contribution in [3.05, 3.63) is 35.4 Å². The van der Waals surface area contributed by atoms with Crippen LogP contribution >= 0.6 is 0 Å². The molecule has 1 aromatic rings. The molecule has 2 heterocycles. The molecule has 3 rings (SSSR count). The highest BCUT2D eigenvalue weighted by Gasteiger charge is 2.52. The van der Waals surface area contributed by atoms with Gasteiger partial charge < -0.3 is 20.4 Å². The molecule has 0 radical (unpaired) electrons. The highest BCUT2D eigenvalue weighted by atomic mass is 16.2. The highest BCUT2D eigenvalue weighted by Crippen LogP contribution is 2.31. The minimum Gasteiger partial charge on any atom is -0.345 e. The Hall–Kier alpha value is -3.23. The van der Waals surface area contributed by atoms with Crippen LogP contribution in [-0.2, 0) is 24.6 Å². The zero-order chi connectivity index (χ0) is 27.7. The van der Waals surface area contributed by atoms with Crippen molar-refractivity contribution in [1.29, 1.82) is 0 Å². The monoisotopic (exact) mass is 512 g/mol. The smallest absolute Gasteiger partial charge is 0.251 e. The van der Waals surface area contributed by atoms with Crippen molar-refractivity contribution in [2.24, 2.45) is 5.92 Å². The van der Waals surface area contributed by atoms with Gasteiger partial charge in [-0.1, -0.05) is 46.8 Å². The van der Waals surface area contributed by atoms with Gasteiger partial charge in [-0.25, -0.2) is 0 Å². The number of rotatable bonds is 7. The average molecular weight is 513 g/mol. The number of hydrogen-bond donors (Lipinski definition) is 2. The fourth-order valence-corrected chi connectivity index (χ4v) is 5.23. The van der Waals surface area contributed by atoms with Gasteiger partial charge in [-0.15, -0.1) is 0 Å². The van der Waals surface area contributed by atoms with Crippen molar-refractivity contribution in [2.75, 3.05) is 13.1 Å². The number of nitrogens with one attached hydrogen (secondary N) is 2. The minimum atomic E-state index is -0.788. The second kappa shape index (κ2) is 11.0. The summed E-state index contributed by atoms with van der Waals surface area (Å²) in [5, 5.41) is 5.47. The average Bonchev–Trinajstić information content (AvgIpc) is 3.37. The van der Waals surface area contributed by atoms with Gasteiger partial charge in [-0.2, -0.15) is 0 Å². The fraction of sp³-hybridized carbons (Fsp3) is 0.607. The van der Waals surface area contributed by atoms with E-state index >= 15 is 0 Å². The van der Waals surface area contributed by atoms with Crippen molar-refractivity contribution >= 4 is 29.4 Å². The Morgan fingerprint density at radius 1 is 0.973 bits per heavy atom. The van der Waals surface area contributed by atoms with Crippen molar-refractivity contribution in [2.45, 2.75) is 90.9 Å². The summed E-state index contributed by atoms with van der Waals surface area (Å²) < 4.78 is 0. The van der Waals surface area contributed by atoms with Crippen LogP contribution in [0.3, 0.4) is 0 Å². The summed E-state index contributed by atoms with van der Waals surface area (Å²) in [4.78, 5) is 67.0. The molecule has 0 spiro atoms. The molecule has 9 heteroatoms. The maximum atomic E-state index is 13.7. The lowest BCUT2D eigenvalue weighted by Crippen LogP contribution is -2.53. The van der Waals surface area contributed by atoms with E-state index in [0.29, 0.717) is 24.9 Å². The Bertz CT molecular complexity index is 1060. The van der Waals surface area contributed by atoms with Crippen LogP contribution in [0.5, 0.6) is 0 Å². The third-order valence-corrected chi connectivity index (χ3v) is 7.10. The van der Waals surface area contributed by atoms with Gasteiger partial charge in [0.15, 0.2) is 5.78 Å². The van der Waals surface area contributed by atoms with Crippen LogP contribution in [0, 0.1) is 5.92 Å². The molecule has 2 aliphatic heterocycles. The quantitative estimate of drug-likeness (QED) is 0.580. The molecule has 0 aromatic heterocycles. The number of ketones is 1. The van der Waals surface area contributed by atoms with Crippen LogP contribution in [0.2, 0.25) is 0 Å². The zero-order valence-corrected chi connectivity index (χ0v) is 23.0. The SMILES string of the molecule is CC(=O)NC(C)C(=O)N1CC(=O)C2C1CCN2C(=O)C(CC(C)C)NC(=O)c1ccc(C(C)(C)C)cc1. The molecule has 4 unspecified atom stereocenters. The van der Waals surface area contributed by atoms with Crippen LogP contribution in [-0.4, -0.2) is 76.5 Å². The van der Waals surface area contributed by atoms with E-state index in [4.69, 9.17) is 0 Å². The van der Waals surface area contributed by atoms with Crippen LogP contribution in [0.1, 0.15) is 77.2 Å². The molecule has 4 atom stereocenters. The van der Waals surface area contributed by atoms with Crippen molar-refractivity contribution < 1.29 is 24.0 Å². The molecule has 9 nitrogen and oxygen atoms in total. The maximum absolute atomic E-state index is 13.7. The summed E-state index contributed by atoms with van der Waals surface area (Å²) in [6.45, 7) is 13.4. The maximum Gasteiger partial charge on any atom is 0.251 e. The molecule has 2 aliphatic rings. The van der Waals surface area contributed by atoms with E-state index in [2.05, 4.69) is 31.4 Å². The third-order valence-electron chi connectivity index (χ3n) is 7.10. The van der Waals surface area contributed by atoms with Crippen LogP contribution in [0.4, 0.5) is 0 Å². The van der Waals surface area contributed by atoms with E-state index in [-0.39, 0.29) is 47.3 Å². The minimum absolute atomic E-state index is 0.0412. The number of likely N-dealkylation sites (tertiary alicyclic amines) is 2. The second-order valence-corrected chi connectivity index (χ2v) is 11.7. The Kier molecular flexibility index (Phi) is 8.45. The van der Waals surface area contributed by atoms with Crippen molar-refractivity contribution in [3.8, 4) is 0 Å². The Balaban J connectivity index is 1.75. The number of Topliss-reactive ketones (excluding diaryl/α,β-unsaturated/α-hetero) is 1. The first-order valence-corrected chi connectivity index (χ1v) is 13.0. The van der Waals surface area contributed by atoms with Gasteiger partial charge >= 0.3 is 0 Å². The lowest BCUT2D eigenvalue weighted by molar-refractivity contribution is -0.138. The molecule has 202 valence electrons. The first-order valence-electron chi connectivity index (χ1n) is 13.0. The molecule has 0 saturated carbocycles. The number of amides is 4. The second-order valence-electron chi connectivity index (χ2n) is 11.7. The summed E-state index contributed by atoms with van der Waals surface area (Å²) >= 11 is 0. The van der Waals surface area contributed by atoms with Crippen LogP contribution in [0.15, 0.2) is 24.3 Å². The number of fused-ring (bicyclic) bond motifs is 1. The molecule has 0 aliphatic carbocycles. The third kappa shape index (κ3) is 6.37. The molecule has 1 aromatic carbocycles. The number of benzene rings is 1. The molecule has 2 N–H and O–H groups in total. The number of carbonyl (C=O) groups is 5. The van der Waals surface area contributed by atoms with E-state index in [0.717, 1.165) is 5.56 Å². The van der Waals surface area contributed by atoms with Crippen LogP contribution < -0.4 is 10.6 Å². The van der Waals surface area contributed by atoms with Crippen molar-refractivity contribution in [3.63, 3.8) is 0 Å². The van der Waals surface area contributed by atoms with E-state index in [1.165, 1.54) is 16.7 Å². The predicted octanol–water partition coefficient (Wildman–Crippen LogP) is 2.03. The molecular weight excluding hydrogens is 472 g/mol. The summed E-state index contributed by atoms with van der Waals surface area (Å²) in [5.41, 5.74) is 1.53. The lowest BCUT2D eigenvalue weighted by Gasteiger charge is -2.29. The topological polar surface area (TPSA) is 116 Å². The molecule has 37 heavy (non-hydrogen) atoms. The van der Waals surface area contributed by atoms with Gasteiger partial charge in [-0.3, -0.25) is 24.0 Å². The van der Waals surface area contributed by atoms with Crippen LogP contribution in [0.25, 0.3) is 0 Å². The highest BCUT2D eigenvalue weighted by molar-refractivity contribution is 6.01. The number of hydrogen-bond acceptors (Lipinski definition) is 5. The summed E-state index contributed by atoms with van der Waals surface area (Å²) in [6, 6.07) is 4.65. The molecule has 4 amide bonds. The standard InChI is InChI=1S/C28H40N4O5/c1-16(2)14-21(30-25(35)19-8-10-20(11-9-19)28(5,6)7)27(37)31-13-12-22-24(31)23(34)15-32(22)26(36)17(3)29-18(4)33/h8-11,16-17,21-22,24H,12-15H2,1-7H3,(H,29,33)(H,30,35). The van der Waals surface area contributed by atoms with Gasteiger partial charge in [0.25, 0.3) is 5.91 Å². The Labute approximate surface area is 219 Å². The predicted molar refractivity (Wildman–Crippen MR) is 140 cm³/mol. The van der Waals surface area contributed by atoms with Gasteiger partial charge in [0.1, 0.15) is 18.1 Å². The normalized spacial score (nSPS) is 21.0. The van der Waals surface area contributed by atoms with Gasteiger partial charge in [0, 0.05) is 19.0 Å². The van der Waals surface area contributed by atoms with Gasteiger partial charge in [0.05, 0.1) is 12.6 Å². The summed E-state index contributed by atoms with van der Waals surface area (Å²) in [6.07, 6.45) is 0.895. The summed E-state index contributed by atoms with van der Waals surface area (Å²) in [5.74, 6) is -1.38. The Morgan fingerprint density at radius 2 is 1.59 bits per heavy atom. The van der Waals surface area contributed by atoms with E-state index in [9.17, 15) is 24.0 Å². The Morgan fingerprint density at radius 3 is 2.14 bits per heavy atom. The van der Waals surface area contributed by atoms with E-state index in [1.807, 2.05) is 26.0 Å². The molecule has 2 fully saturated rings. The largest absolute Gasteiger partial charge is 0.345 e. The van der Waals surface area contributed by atoms with Crippen molar-refractivity contribution in [1.82, 2.24) is 20.4 Å².